The Hall–Kier alpha value is -5.04. The topological polar surface area (TPSA) is 118 Å². The molecule has 0 amide bonds. The van der Waals surface area contributed by atoms with Crippen LogP contribution in [0.15, 0.2) is 48.5 Å². The fourth-order valence-electron chi connectivity index (χ4n) is 4.90. The van der Waals surface area contributed by atoms with E-state index in [-0.39, 0.29) is 33.0 Å². The number of carbonyl (C=O) groups excluding carboxylic acids is 2. The average Bonchev–Trinajstić information content (AvgIpc) is 3.45. The molecule has 168 valence electrons. The van der Waals surface area contributed by atoms with E-state index in [4.69, 9.17) is 4.74 Å². The lowest BCUT2D eigenvalue weighted by molar-refractivity contribution is 0.0400. The van der Waals surface area contributed by atoms with Crippen LogP contribution >= 0.6 is 0 Å². The molecule has 0 fully saturated rings. The quantitative estimate of drug-likeness (QED) is 0.268. The van der Waals surface area contributed by atoms with Gasteiger partial charge in [0.05, 0.1) is 22.3 Å². The highest BCUT2D eigenvalue weighted by molar-refractivity contribution is 6.23. The first kappa shape index (κ1) is 20.6. The Labute approximate surface area is 197 Å². The maximum absolute atomic E-state index is 13.2. The highest BCUT2D eigenvalue weighted by atomic mass is 16.6. The van der Waals surface area contributed by atoms with E-state index in [9.17, 15) is 29.4 Å². The molecule has 0 bridgehead atoms. The van der Waals surface area contributed by atoms with Crippen molar-refractivity contribution in [2.45, 2.75) is 0 Å². The third kappa shape index (κ3) is 2.92. The summed E-state index contributed by atoms with van der Waals surface area (Å²) in [4.78, 5) is 50.1. The van der Waals surface area contributed by atoms with Gasteiger partial charge < -0.3 is 14.9 Å². The Morgan fingerprint density at radius 3 is 1.09 bits per heavy atom. The third-order valence-electron chi connectivity index (χ3n) is 6.42. The summed E-state index contributed by atoms with van der Waals surface area (Å²) in [5.74, 6) is -4.48. The Bertz CT molecular complexity index is 1600. The molecule has 0 heterocycles. The van der Waals surface area contributed by atoms with Gasteiger partial charge in [-0.3, -0.25) is 0 Å². The van der Waals surface area contributed by atoms with Crippen LogP contribution in [-0.2, 0) is 4.74 Å². The molecule has 4 aromatic rings. The summed E-state index contributed by atoms with van der Waals surface area (Å²) in [5, 5.41) is 21.0. The van der Waals surface area contributed by atoms with Crippen LogP contribution in [0.4, 0.5) is 0 Å². The lowest BCUT2D eigenvalue weighted by Gasteiger charge is -2.13. The fourth-order valence-corrected chi connectivity index (χ4v) is 4.90. The predicted octanol–water partition coefficient (Wildman–Crippen LogP) is 5.35. The van der Waals surface area contributed by atoms with Gasteiger partial charge in [0.15, 0.2) is 0 Å². The molecule has 0 saturated heterocycles. The Morgan fingerprint density at radius 1 is 0.457 bits per heavy atom. The minimum Gasteiger partial charge on any atom is -0.478 e. The normalized spacial score (nSPS) is 12.5. The molecule has 0 atom stereocenters. The summed E-state index contributed by atoms with van der Waals surface area (Å²) in [5.41, 5.74) is 2.73. The molecule has 0 aromatic heterocycles. The highest BCUT2D eigenvalue weighted by Crippen LogP contribution is 2.37. The van der Waals surface area contributed by atoms with Gasteiger partial charge in [0.2, 0.25) is 0 Å². The van der Waals surface area contributed by atoms with E-state index in [0.29, 0.717) is 10.8 Å². The average molecular weight is 462 g/mol. The molecule has 6 rings (SSSR count). The van der Waals surface area contributed by atoms with Gasteiger partial charge in [-0.15, -0.1) is 0 Å². The van der Waals surface area contributed by atoms with Crippen molar-refractivity contribution in [3.05, 3.63) is 93.0 Å². The van der Waals surface area contributed by atoms with Crippen molar-refractivity contribution in [1.29, 1.82) is 0 Å². The minimum atomic E-state index is -1.22. The van der Waals surface area contributed by atoms with E-state index in [2.05, 4.69) is 0 Å². The summed E-state index contributed by atoms with van der Waals surface area (Å²) in [7, 11) is 0. The molecule has 35 heavy (non-hydrogen) atoms. The Morgan fingerprint density at radius 2 is 0.771 bits per heavy atom. The molecular weight excluding hydrogens is 448 g/mol. The van der Waals surface area contributed by atoms with E-state index in [1.54, 1.807) is 24.3 Å². The van der Waals surface area contributed by atoms with Crippen LogP contribution in [0.3, 0.4) is 0 Å². The van der Waals surface area contributed by atoms with Gasteiger partial charge in [-0.25, -0.2) is 19.2 Å². The largest absolute Gasteiger partial charge is 0.478 e. The SMILES string of the molecule is O=C(O)c1ccc2c3c(ccc(C(=O)OC(=O)c4ccc5c6c(ccc(C(=O)O)c46)C=C5)c13)C=C2. The first-order chi connectivity index (χ1) is 16.8. The first-order valence-corrected chi connectivity index (χ1v) is 10.6. The van der Waals surface area contributed by atoms with Gasteiger partial charge in [0.1, 0.15) is 0 Å². The predicted molar refractivity (Wildman–Crippen MR) is 129 cm³/mol. The van der Waals surface area contributed by atoms with Crippen molar-refractivity contribution in [2.24, 2.45) is 0 Å². The summed E-state index contributed by atoms with van der Waals surface area (Å²) >= 11 is 0. The Kier molecular flexibility index (Phi) is 4.25. The summed E-state index contributed by atoms with van der Waals surface area (Å²) in [6, 6.07) is 12.3. The van der Waals surface area contributed by atoms with Crippen LogP contribution in [0.2, 0.25) is 0 Å². The fraction of sp³-hybridized carbons (Fsp3) is 0. The molecule has 0 aliphatic heterocycles. The molecule has 2 aliphatic carbocycles. The van der Waals surface area contributed by atoms with Crippen molar-refractivity contribution in [3.8, 4) is 0 Å². The molecule has 7 heteroatoms. The zero-order valence-electron chi connectivity index (χ0n) is 17.9. The lowest BCUT2D eigenvalue weighted by Crippen LogP contribution is -2.15. The first-order valence-electron chi connectivity index (χ1n) is 10.6. The van der Waals surface area contributed by atoms with E-state index in [0.717, 1.165) is 22.3 Å². The van der Waals surface area contributed by atoms with Crippen LogP contribution in [0.5, 0.6) is 0 Å². The number of hydrogen-bond donors (Lipinski definition) is 2. The smallest absolute Gasteiger partial charge is 0.346 e. The van der Waals surface area contributed by atoms with E-state index in [1.807, 2.05) is 24.3 Å². The number of benzene rings is 4. The molecular formula is C28H14O7. The maximum Gasteiger partial charge on any atom is 0.346 e. The zero-order chi connectivity index (χ0) is 24.4. The molecule has 0 radical (unpaired) electrons. The van der Waals surface area contributed by atoms with Crippen molar-refractivity contribution >= 4 is 69.7 Å². The molecule has 4 aromatic carbocycles. The van der Waals surface area contributed by atoms with Crippen LogP contribution < -0.4 is 0 Å². The summed E-state index contributed by atoms with van der Waals surface area (Å²) < 4.78 is 5.20. The molecule has 2 aliphatic rings. The monoisotopic (exact) mass is 462 g/mol. The number of rotatable bonds is 4. The number of aromatic carboxylic acids is 2. The van der Waals surface area contributed by atoms with Crippen molar-refractivity contribution in [2.75, 3.05) is 0 Å². The standard InChI is InChI=1S/C28H14O7/c29-25(30)17-9-5-13-1-3-15-7-11-19(23(17)21(13)15)27(33)35-28(34)20-12-8-16-4-2-14-6-10-18(26(31)32)24(20)22(14)16/h1-12H,(H,29,30)(H,31,32). The lowest BCUT2D eigenvalue weighted by atomic mass is 9.94. The number of carbonyl (C=O) groups is 4. The van der Waals surface area contributed by atoms with Crippen LogP contribution in [0, 0.1) is 0 Å². The number of ether oxygens (including phenoxy) is 1. The van der Waals surface area contributed by atoms with Gasteiger partial charge in [-0.2, -0.15) is 0 Å². The molecule has 0 unspecified atom stereocenters. The van der Waals surface area contributed by atoms with Crippen LogP contribution in [0.25, 0.3) is 45.8 Å². The van der Waals surface area contributed by atoms with E-state index in [1.165, 1.54) is 24.3 Å². The summed E-state index contributed by atoms with van der Waals surface area (Å²) in [6.07, 6.45) is 7.27. The van der Waals surface area contributed by atoms with Gasteiger partial charge in [-0.05, 0) is 57.3 Å². The number of carboxylic acid groups (broad SMARTS) is 2. The second kappa shape index (κ2) is 7.23. The molecule has 0 saturated carbocycles. The van der Waals surface area contributed by atoms with Gasteiger partial charge >= 0.3 is 23.9 Å². The summed E-state index contributed by atoms with van der Waals surface area (Å²) in [6.45, 7) is 0. The second-order valence-corrected chi connectivity index (χ2v) is 8.26. The molecule has 0 spiro atoms. The third-order valence-corrected chi connectivity index (χ3v) is 6.42. The number of carboxylic acids is 2. The highest BCUT2D eigenvalue weighted by Gasteiger charge is 2.27. The molecule has 2 N–H and O–H groups in total. The maximum atomic E-state index is 13.2. The minimum absolute atomic E-state index is 0.0638. The van der Waals surface area contributed by atoms with Gasteiger partial charge in [-0.1, -0.05) is 48.6 Å². The van der Waals surface area contributed by atoms with Crippen LogP contribution in [-0.4, -0.2) is 34.1 Å². The van der Waals surface area contributed by atoms with Crippen molar-refractivity contribution < 1.29 is 34.1 Å². The van der Waals surface area contributed by atoms with Crippen molar-refractivity contribution in [3.63, 3.8) is 0 Å². The van der Waals surface area contributed by atoms with E-state index >= 15 is 0 Å². The van der Waals surface area contributed by atoms with Crippen LogP contribution in [0.1, 0.15) is 63.7 Å². The van der Waals surface area contributed by atoms with E-state index < -0.39 is 23.9 Å². The van der Waals surface area contributed by atoms with Gasteiger partial charge in [0, 0.05) is 10.8 Å². The zero-order valence-corrected chi connectivity index (χ0v) is 17.9. The second-order valence-electron chi connectivity index (χ2n) is 8.26. The number of esters is 2. The Balaban J connectivity index is 1.47. The number of hydrogen-bond acceptors (Lipinski definition) is 5. The van der Waals surface area contributed by atoms with Gasteiger partial charge in [0.25, 0.3) is 0 Å². The van der Waals surface area contributed by atoms with Crippen molar-refractivity contribution in [1.82, 2.24) is 0 Å². The molecule has 7 nitrogen and oxygen atoms in total.